The zero-order valence-corrected chi connectivity index (χ0v) is 18.7. The van der Waals surface area contributed by atoms with Crippen LogP contribution in [0.15, 0.2) is 56.8 Å². The van der Waals surface area contributed by atoms with Crippen molar-refractivity contribution in [1.82, 2.24) is 4.98 Å². The van der Waals surface area contributed by atoms with E-state index in [4.69, 9.17) is 4.74 Å². The Morgan fingerprint density at radius 1 is 1.22 bits per heavy atom. The molecule has 7 heteroatoms. The summed E-state index contributed by atoms with van der Waals surface area (Å²) in [5.74, 6) is 0.733. The van der Waals surface area contributed by atoms with Crippen LogP contribution in [0.3, 0.4) is 0 Å². The lowest BCUT2D eigenvalue weighted by Crippen LogP contribution is -2.12. The van der Waals surface area contributed by atoms with E-state index >= 15 is 0 Å². The number of aromatic nitrogens is 1. The monoisotopic (exact) mass is 508 g/mol. The quantitative estimate of drug-likeness (QED) is 0.373. The highest BCUT2D eigenvalue weighted by Crippen LogP contribution is 2.27. The zero-order valence-electron chi connectivity index (χ0n) is 14.7. The van der Waals surface area contributed by atoms with Gasteiger partial charge < -0.3 is 10.1 Å². The van der Waals surface area contributed by atoms with Gasteiger partial charge in [-0.15, -0.1) is 11.3 Å². The third kappa shape index (κ3) is 5.89. The van der Waals surface area contributed by atoms with Crippen LogP contribution in [0.5, 0.6) is 5.75 Å². The van der Waals surface area contributed by atoms with Gasteiger partial charge in [-0.25, -0.2) is 4.98 Å². The van der Waals surface area contributed by atoms with Gasteiger partial charge >= 0.3 is 0 Å². The average molecular weight is 510 g/mol. The summed E-state index contributed by atoms with van der Waals surface area (Å²) in [6, 6.07) is 13.9. The molecule has 0 aliphatic rings. The van der Waals surface area contributed by atoms with E-state index in [1.54, 1.807) is 0 Å². The zero-order chi connectivity index (χ0) is 19.2. The standard InChI is InChI=1S/C20H18Br2N2O2S/c1-13-7-8-18(16(22)10-13)26-9-3-6-19(25)24-20-23-17(12-27-20)14-4-2-5-15(21)11-14/h2,4-5,7-8,10-12H,3,6,9H2,1H3,(H,23,24,25). The first kappa shape index (κ1) is 20.0. The Morgan fingerprint density at radius 3 is 2.85 bits per heavy atom. The van der Waals surface area contributed by atoms with E-state index in [9.17, 15) is 4.79 Å². The molecular weight excluding hydrogens is 492 g/mol. The summed E-state index contributed by atoms with van der Waals surface area (Å²) in [6.45, 7) is 2.51. The minimum absolute atomic E-state index is 0.0586. The fourth-order valence-corrected chi connectivity index (χ4v) is 4.17. The van der Waals surface area contributed by atoms with Crippen LogP contribution in [0.25, 0.3) is 11.3 Å². The number of hydrogen-bond acceptors (Lipinski definition) is 4. The summed E-state index contributed by atoms with van der Waals surface area (Å²) in [5.41, 5.74) is 3.03. The van der Waals surface area contributed by atoms with Gasteiger partial charge in [-0.2, -0.15) is 0 Å². The van der Waals surface area contributed by atoms with Crippen LogP contribution in [-0.2, 0) is 4.79 Å². The van der Waals surface area contributed by atoms with E-state index in [1.807, 2.05) is 54.8 Å². The second kappa shape index (κ2) is 9.48. The van der Waals surface area contributed by atoms with Gasteiger partial charge in [0.2, 0.25) is 5.91 Å². The molecule has 0 unspecified atom stereocenters. The highest BCUT2D eigenvalue weighted by atomic mass is 79.9. The van der Waals surface area contributed by atoms with Gasteiger partial charge in [0.1, 0.15) is 5.75 Å². The van der Waals surface area contributed by atoms with E-state index < -0.39 is 0 Å². The molecule has 0 radical (unpaired) electrons. The minimum Gasteiger partial charge on any atom is -0.492 e. The number of hydrogen-bond donors (Lipinski definition) is 1. The second-order valence-corrected chi connectivity index (χ2v) is 8.61. The predicted molar refractivity (Wildman–Crippen MR) is 117 cm³/mol. The average Bonchev–Trinajstić information content (AvgIpc) is 3.08. The Bertz CT molecular complexity index is 943. The van der Waals surface area contributed by atoms with Gasteiger partial charge in [0.05, 0.1) is 16.8 Å². The van der Waals surface area contributed by atoms with Gasteiger partial charge in [0.25, 0.3) is 0 Å². The molecule has 1 N–H and O–H groups in total. The van der Waals surface area contributed by atoms with Crippen LogP contribution in [0.4, 0.5) is 5.13 Å². The maximum Gasteiger partial charge on any atom is 0.226 e. The number of carbonyl (C=O) groups excluding carboxylic acids is 1. The van der Waals surface area contributed by atoms with Crippen LogP contribution in [-0.4, -0.2) is 17.5 Å². The summed E-state index contributed by atoms with van der Waals surface area (Å²) in [7, 11) is 0. The molecule has 0 saturated carbocycles. The summed E-state index contributed by atoms with van der Waals surface area (Å²) >= 11 is 8.36. The number of halogens is 2. The summed E-state index contributed by atoms with van der Waals surface area (Å²) in [6.07, 6.45) is 1.02. The van der Waals surface area contributed by atoms with Crippen molar-refractivity contribution in [1.29, 1.82) is 0 Å². The van der Waals surface area contributed by atoms with Gasteiger partial charge in [0.15, 0.2) is 5.13 Å². The van der Waals surface area contributed by atoms with Gasteiger partial charge in [-0.1, -0.05) is 34.1 Å². The lowest BCUT2D eigenvalue weighted by atomic mass is 10.2. The van der Waals surface area contributed by atoms with Gasteiger partial charge in [-0.05, 0) is 59.1 Å². The second-order valence-electron chi connectivity index (χ2n) is 5.98. The van der Waals surface area contributed by atoms with Crippen LogP contribution in [0, 0.1) is 6.92 Å². The van der Waals surface area contributed by atoms with E-state index in [-0.39, 0.29) is 5.91 Å². The molecule has 4 nitrogen and oxygen atoms in total. The summed E-state index contributed by atoms with van der Waals surface area (Å²) < 4.78 is 7.65. The first-order valence-electron chi connectivity index (χ1n) is 8.41. The van der Waals surface area contributed by atoms with Crippen molar-refractivity contribution in [3.05, 3.63) is 62.4 Å². The molecule has 1 heterocycles. The van der Waals surface area contributed by atoms with Crippen molar-refractivity contribution in [2.24, 2.45) is 0 Å². The number of nitrogens with zero attached hydrogens (tertiary/aromatic N) is 1. The van der Waals surface area contributed by atoms with E-state index in [2.05, 4.69) is 42.2 Å². The van der Waals surface area contributed by atoms with Crippen LogP contribution in [0.1, 0.15) is 18.4 Å². The van der Waals surface area contributed by atoms with Crippen LogP contribution in [0.2, 0.25) is 0 Å². The van der Waals surface area contributed by atoms with Crippen molar-refractivity contribution in [3.8, 4) is 17.0 Å². The maximum atomic E-state index is 12.1. The van der Waals surface area contributed by atoms with E-state index in [0.717, 1.165) is 26.0 Å². The van der Waals surface area contributed by atoms with Gasteiger partial charge in [0, 0.05) is 21.8 Å². The van der Waals surface area contributed by atoms with E-state index in [1.165, 1.54) is 16.9 Å². The third-order valence-corrected chi connectivity index (χ3v) is 5.63. The lowest BCUT2D eigenvalue weighted by molar-refractivity contribution is -0.116. The molecule has 0 fully saturated rings. The smallest absolute Gasteiger partial charge is 0.226 e. The number of aryl methyl sites for hydroxylation is 1. The van der Waals surface area contributed by atoms with Gasteiger partial charge in [-0.3, -0.25) is 4.79 Å². The largest absolute Gasteiger partial charge is 0.492 e. The fraction of sp³-hybridized carbons (Fsp3) is 0.200. The number of rotatable bonds is 7. The fourth-order valence-electron chi connectivity index (χ4n) is 2.43. The maximum absolute atomic E-state index is 12.1. The first-order chi connectivity index (χ1) is 13.0. The van der Waals surface area contributed by atoms with Crippen LogP contribution < -0.4 is 10.1 Å². The number of anilines is 1. The Hall–Kier alpha value is -1.70. The number of benzene rings is 2. The lowest BCUT2D eigenvalue weighted by Gasteiger charge is -2.08. The SMILES string of the molecule is Cc1ccc(OCCCC(=O)Nc2nc(-c3cccc(Br)c3)cs2)c(Br)c1. The Balaban J connectivity index is 1.46. The molecule has 1 amide bonds. The Morgan fingerprint density at radius 2 is 2.07 bits per heavy atom. The van der Waals surface area contributed by atoms with Crippen molar-refractivity contribution < 1.29 is 9.53 Å². The summed E-state index contributed by atoms with van der Waals surface area (Å²) in [5, 5.41) is 5.40. The Labute approximate surface area is 179 Å². The third-order valence-electron chi connectivity index (χ3n) is 3.76. The molecule has 3 aromatic rings. The summed E-state index contributed by atoms with van der Waals surface area (Å²) in [4.78, 5) is 16.6. The molecule has 0 aliphatic carbocycles. The highest BCUT2D eigenvalue weighted by molar-refractivity contribution is 9.10. The molecule has 27 heavy (non-hydrogen) atoms. The normalized spacial score (nSPS) is 10.6. The van der Waals surface area contributed by atoms with Crippen LogP contribution >= 0.6 is 43.2 Å². The molecule has 0 aliphatic heterocycles. The number of nitrogens with one attached hydrogen (secondary N) is 1. The predicted octanol–water partition coefficient (Wildman–Crippen LogP) is 6.44. The molecule has 0 saturated heterocycles. The molecule has 0 atom stereocenters. The van der Waals surface area contributed by atoms with Crippen molar-refractivity contribution in [3.63, 3.8) is 0 Å². The first-order valence-corrected chi connectivity index (χ1v) is 10.9. The molecule has 1 aromatic heterocycles. The number of thiazole rings is 1. The molecule has 2 aromatic carbocycles. The van der Waals surface area contributed by atoms with Crippen molar-refractivity contribution in [2.45, 2.75) is 19.8 Å². The molecule has 140 valence electrons. The highest BCUT2D eigenvalue weighted by Gasteiger charge is 2.09. The van der Waals surface area contributed by atoms with E-state index in [0.29, 0.717) is 24.6 Å². The minimum atomic E-state index is -0.0586. The number of amides is 1. The number of carbonyl (C=O) groups is 1. The molecular formula is C20H18Br2N2O2S. The Kier molecular flexibility index (Phi) is 7.04. The molecule has 0 spiro atoms. The molecule has 0 bridgehead atoms. The molecule has 3 rings (SSSR count). The topological polar surface area (TPSA) is 51.2 Å². The van der Waals surface area contributed by atoms with Crippen molar-refractivity contribution >= 4 is 54.2 Å². The van der Waals surface area contributed by atoms with Crippen molar-refractivity contribution in [2.75, 3.05) is 11.9 Å². The number of ether oxygens (including phenoxy) is 1.